The minimum atomic E-state index is -1.70. The molecule has 3 saturated heterocycles. The van der Waals surface area contributed by atoms with Gasteiger partial charge in [0.05, 0.1) is 19.1 Å². The first-order chi connectivity index (χ1) is 39.1. The van der Waals surface area contributed by atoms with Crippen LogP contribution in [0.5, 0.6) is 0 Å². The third-order valence-electron chi connectivity index (χ3n) is 15.2. The molecule has 0 aromatic heterocycles. The Morgan fingerprint density at radius 3 is 2.02 bits per heavy atom. The van der Waals surface area contributed by atoms with Crippen LogP contribution in [0.15, 0.2) is 30.3 Å². The molecule has 0 radical (unpaired) electrons. The van der Waals surface area contributed by atoms with Crippen LogP contribution < -0.4 is 37.2 Å². The number of carbonyl (C=O) groups is 11. The lowest BCUT2D eigenvalue weighted by atomic mass is 9.99. The van der Waals surface area contributed by atoms with Gasteiger partial charge < -0.3 is 66.7 Å². The van der Waals surface area contributed by atoms with Gasteiger partial charge in [-0.2, -0.15) is 0 Å². The summed E-state index contributed by atoms with van der Waals surface area (Å²) in [4.78, 5) is 155. The van der Waals surface area contributed by atoms with Gasteiger partial charge in [-0.05, 0) is 101 Å². The predicted octanol–water partition coefficient (Wildman–Crippen LogP) is 1.21. The Hall–Kier alpha value is -6.69. The molecule has 0 unspecified atom stereocenters. The first-order valence-corrected chi connectivity index (χ1v) is 29.5. The molecule has 3 aliphatic rings. The van der Waals surface area contributed by atoms with E-state index >= 15 is 0 Å². The monoisotopic (exact) mass is 1170 g/mol. The number of rotatable bonds is 25. The predicted molar refractivity (Wildman–Crippen MR) is 305 cm³/mol. The molecule has 83 heavy (non-hydrogen) atoms. The van der Waals surface area contributed by atoms with Crippen LogP contribution in [-0.4, -0.2) is 178 Å². The normalized spacial score (nSPS) is 23.7. The summed E-state index contributed by atoms with van der Waals surface area (Å²) in [5, 5.41) is 39.4. The second kappa shape index (κ2) is 33.0. The number of nitrogens with one attached hydrogen (secondary N) is 7. The molecule has 3 heterocycles. The van der Waals surface area contributed by atoms with E-state index in [1.165, 1.54) is 30.6 Å². The molecule has 1 aromatic rings. The zero-order chi connectivity index (χ0) is 61.8. The highest BCUT2D eigenvalue weighted by Crippen LogP contribution is 2.24. The summed E-state index contributed by atoms with van der Waals surface area (Å²) in [7, 11) is 0. The number of unbranched alkanes of at least 4 members (excludes halogenated alkanes) is 1. The van der Waals surface area contributed by atoms with Crippen molar-refractivity contribution in [1.82, 2.24) is 47.0 Å². The van der Waals surface area contributed by atoms with Gasteiger partial charge in [0.25, 0.3) is 0 Å². The number of benzene rings is 1. The molecule has 24 nitrogen and oxygen atoms in total. The number of nitrogens with zero attached hydrogens (tertiary/aromatic N) is 2. The van der Waals surface area contributed by atoms with Gasteiger partial charge in [-0.1, -0.05) is 92.1 Å². The largest absolute Gasteiger partial charge is 0.462 e. The Bertz CT molecular complexity index is 2410. The number of esters is 2. The van der Waals surface area contributed by atoms with E-state index in [0.717, 1.165) is 0 Å². The third-order valence-corrected chi connectivity index (χ3v) is 15.2. The topological polar surface area (TPSA) is 337 Å². The van der Waals surface area contributed by atoms with E-state index in [0.29, 0.717) is 37.7 Å². The van der Waals surface area contributed by atoms with Gasteiger partial charge in [0, 0.05) is 26.4 Å². The van der Waals surface area contributed by atoms with Crippen molar-refractivity contribution in [3.8, 4) is 0 Å². The van der Waals surface area contributed by atoms with E-state index < -0.39 is 138 Å². The Balaban J connectivity index is 1.51. The van der Waals surface area contributed by atoms with E-state index in [2.05, 4.69) is 37.2 Å². The van der Waals surface area contributed by atoms with Gasteiger partial charge >= 0.3 is 11.9 Å². The summed E-state index contributed by atoms with van der Waals surface area (Å²) < 4.78 is 11.2. The van der Waals surface area contributed by atoms with Crippen LogP contribution in [-0.2, 0) is 68.6 Å². The quantitative estimate of drug-likeness (QED) is 0.0491. The average molecular weight is 1170 g/mol. The molecule has 0 saturated carbocycles. The summed E-state index contributed by atoms with van der Waals surface area (Å²) >= 11 is 0. The molecule has 1 aromatic carbocycles. The fraction of sp³-hybridized carbons (Fsp3) is 0.712. The number of hydrogen-bond acceptors (Lipinski definition) is 15. The highest BCUT2D eigenvalue weighted by atomic mass is 16.5. The second-order valence-electron chi connectivity index (χ2n) is 23.9. The second-order valence-corrected chi connectivity index (χ2v) is 23.9. The van der Waals surface area contributed by atoms with Crippen LogP contribution in [0.25, 0.3) is 0 Å². The van der Waals surface area contributed by atoms with Crippen LogP contribution in [0.4, 0.5) is 0 Å². The lowest BCUT2D eigenvalue weighted by Gasteiger charge is -2.33. The van der Waals surface area contributed by atoms with Gasteiger partial charge in [0.2, 0.25) is 53.2 Å². The molecule has 0 bridgehead atoms. The fourth-order valence-corrected chi connectivity index (χ4v) is 10.6. The van der Waals surface area contributed by atoms with Gasteiger partial charge in [-0.3, -0.25) is 47.9 Å². The van der Waals surface area contributed by atoms with Crippen molar-refractivity contribution in [1.29, 1.82) is 0 Å². The molecule has 24 heteroatoms. The summed E-state index contributed by atoms with van der Waals surface area (Å²) in [6.45, 7) is 18.1. The van der Waals surface area contributed by atoms with Crippen LogP contribution in [0, 0.1) is 23.7 Å². The zero-order valence-corrected chi connectivity index (χ0v) is 50.3. The van der Waals surface area contributed by atoms with Crippen molar-refractivity contribution in [3.63, 3.8) is 0 Å². The molecule has 464 valence electrons. The van der Waals surface area contributed by atoms with E-state index in [4.69, 9.17) is 9.47 Å². The lowest BCUT2D eigenvalue weighted by Crippen LogP contribution is -2.63. The van der Waals surface area contributed by atoms with Crippen molar-refractivity contribution >= 4 is 65.1 Å². The molecule has 4 rings (SSSR count). The fourth-order valence-electron chi connectivity index (χ4n) is 10.6. The molecular weight excluding hydrogens is 1070 g/mol. The summed E-state index contributed by atoms with van der Waals surface area (Å²) in [5.74, 6) is -8.62. The molecule has 9 amide bonds. The van der Waals surface area contributed by atoms with Gasteiger partial charge in [0.15, 0.2) is 0 Å². The van der Waals surface area contributed by atoms with Crippen LogP contribution in [0.3, 0.4) is 0 Å². The van der Waals surface area contributed by atoms with Crippen molar-refractivity contribution in [2.24, 2.45) is 23.7 Å². The number of hydrogen-bond donors (Lipinski definition) is 9. The Kier molecular flexibility index (Phi) is 27.3. The van der Waals surface area contributed by atoms with Crippen LogP contribution >= 0.6 is 0 Å². The summed E-state index contributed by atoms with van der Waals surface area (Å²) in [6.07, 6.45) is 0.428. The number of ether oxygens (including phenoxy) is 2. The van der Waals surface area contributed by atoms with Crippen LogP contribution in [0.1, 0.15) is 152 Å². The van der Waals surface area contributed by atoms with E-state index in [-0.39, 0.29) is 87.9 Å². The molecule has 0 spiro atoms. The number of cyclic esters (lactones) is 1. The van der Waals surface area contributed by atoms with E-state index in [1.54, 1.807) is 44.2 Å². The number of likely N-dealkylation sites (tertiary alicyclic amines) is 1. The molecule has 3 aliphatic heterocycles. The number of amides is 9. The lowest BCUT2D eigenvalue weighted by molar-refractivity contribution is -0.157. The third kappa shape index (κ3) is 21.2. The number of carbonyl (C=O) groups excluding carboxylic acids is 11. The van der Waals surface area contributed by atoms with Gasteiger partial charge in [-0.25, -0.2) is 4.79 Å². The van der Waals surface area contributed by atoms with Crippen molar-refractivity contribution in [2.45, 2.75) is 226 Å². The highest BCUT2D eigenvalue weighted by molar-refractivity contribution is 5.99. The Morgan fingerprint density at radius 2 is 1.41 bits per heavy atom. The Labute approximate surface area is 488 Å². The summed E-state index contributed by atoms with van der Waals surface area (Å²) in [6, 6.07) is -2.70. The highest BCUT2D eigenvalue weighted by Gasteiger charge is 2.44. The van der Waals surface area contributed by atoms with E-state index in [1.807, 2.05) is 41.5 Å². The minimum absolute atomic E-state index is 0.0315. The first-order valence-electron chi connectivity index (χ1n) is 29.5. The summed E-state index contributed by atoms with van der Waals surface area (Å²) in [5.41, 5.74) is 0.660. The maximum absolute atomic E-state index is 14.7. The SMILES string of the molecule is CC(=O)O[C@@H](CCCC[C@@H](O)CC(=O)N[C@H](CO)C(=O)N[C@@H](CC(C)C)C(=O)N1CCC[C@H]1C(=O)N[C@H](C)C(=O)N[C@@H]1C(=O)N[C@H](Cc2ccccc2)C(=O)N2CCC[C@H]2C(=O)N[C@H](CC(C)C)C(=O)N[C@@H](C(C)C)C(=O)O[C@@H]1C)C(C)C. The smallest absolute Gasteiger partial charge is 0.329 e. The number of fused-ring (bicyclic) bond motifs is 1. The van der Waals surface area contributed by atoms with Gasteiger partial charge in [0.1, 0.15) is 66.6 Å². The van der Waals surface area contributed by atoms with Crippen molar-refractivity contribution in [2.75, 3.05) is 19.7 Å². The standard InChI is InChI=1S/C59H93N9O15/c1-32(2)27-41-52(74)65-49(35(7)8)59(81)82-37(10)50(56(78)64-43(29-39-19-13-12-14-20-39)58(80)68-26-18-23-46(68)55(77)62-41)66-51(73)36(9)60-54(76)45-22-17-25-67(45)57(79)42(28-33(3)4)63-53(75)44(31-69)61-48(72)30-40(71)21-15-16-24-47(34(5)6)83-38(11)70/h12-14,19-20,32-37,40-47,49-50,69,71H,15-18,21-31H2,1-11H3,(H,60,76)(H,61,72)(H,62,77)(H,63,75)(H,64,78)(H,65,74)(H,66,73)/t36-,37-,40-,41-,42+,43-,44-,45+,46+,47+,49+,50+/m1/s1. The van der Waals surface area contributed by atoms with E-state index in [9.17, 15) is 63.0 Å². The maximum atomic E-state index is 14.7. The van der Waals surface area contributed by atoms with Crippen LogP contribution in [0.2, 0.25) is 0 Å². The Morgan fingerprint density at radius 1 is 0.759 bits per heavy atom. The number of aliphatic hydroxyl groups is 2. The van der Waals surface area contributed by atoms with Gasteiger partial charge in [-0.15, -0.1) is 0 Å². The molecular formula is C59H93N9O15. The first kappa shape index (κ1) is 68.8. The minimum Gasteiger partial charge on any atom is -0.462 e. The average Bonchev–Trinajstić information content (AvgIpc) is 4.04. The zero-order valence-electron chi connectivity index (χ0n) is 50.3. The maximum Gasteiger partial charge on any atom is 0.329 e. The molecule has 0 aliphatic carbocycles. The molecule has 9 N–H and O–H groups in total. The molecule has 12 atom stereocenters. The molecule has 3 fully saturated rings. The van der Waals surface area contributed by atoms with Crippen molar-refractivity contribution < 1.29 is 72.4 Å². The van der Waals surface area contributed by atoms with Crippen molar-refractivity contribution in [3.05, 3.63) is 35.9 Å². The number of aliphatic hydroxyl groups excluding tert-OH is 2.